The van der Waals surface area contributed by atoms with Gasteiger partial charge in [-0.25, -0.2) is 17.2 Å². The molecule has 0 bridgehead atoms. The largest absolute Gasteiger partial charge is 0.399 e. The number of nitrogen functional groups attached to an aromatic ring is 1. The van der Waals surface area contributed by atoms with Crippen LogP contribution in [0.2, 0.25) is 0 Å². The minimum atomic E-state index is -4.43. The van der Waals surface area contributed by atoms with Gasteiger partial charge in [0.15, 0.2) is 9.84 Å². The molecule has 1 rings (SSSR count). The van der Waals surface area contributed by atoms with Crippen molar-refractivity contribution in [2.75, 3.05) is 31.7 Å². The molecule has 1 amide bonds. The normalized spacial score (nSPS) is 11.4. The number of rotatable bonds is 7. The van der Waals surface area contributed by atoms with E-state index in [2.05, 4.69) is 5.32 Å². The van der Waals surface area contributed by atoms with Crippen molar-refractivity contribution in [2.24, 2.45) is 0 Å². The van der Waals surface area contributed by atoms with Crippen molar-refractivity contribution in [1.29, 1.82) is 0 Å². The molecule has 0 fully saturated rings. The second kappa shape index (κ2) is 7.32. The molecule has 0 aromatic heterocycles. The fourth-order valence-electron chi connectivity index (χ4n) is 1.62. The van der Waals surface area contributed by atoms with Crippen molar-refractivity contribution in [2.45, 2.75) is 11.3 Å². The summed E-state index contributed by atoms with van der Waals surface area (Å²) in [6.45, 7) is 0.600. The average Bonchev–Trinajstić information content (AvgIpc) is 2.32. The van der Waals surface area contributed by atoms with Crippen LogP contribution in [0.4, 0.5) is 14.5 Å². The Balaban J connectivity index is 2.81. The standard InChI is InChI=1S/C12H16F2N2O4S/c1-20-4-2-3-16-11(17)7-21(18,19)12-9(13)5-8(15)6-10(12)14/h5-6H,2-4,7,15H2,1H3,(H,16,17). The maximum atomic E-state index is 13.6. The summed E-state index contributed by atoms with van der Waals surface area (Å²) in [7, 11) is -2.94. The molecule has 0 spiro atoms. The summed E-state index contributed by atoms with van der Waals surface area (Å²) in [5, 5.41) is 2.33. The lowest BCUT2D eigenvalue weighted by Gasteiger charge is -2.08. The highest BCUT2D eigenvalue weighted by Gasteiger charge is 2.27. The molecule has 0 aliphatic heterocycles. The van der Waals surface area contributed by atoms with Crippen LogP contribution in [-0.4, -0.2) is 40.3 Å². The van der Waals surface area contributed by atoms with E-state index < -0.39 is 38.0 Å². The van der Waals surface area contributed by atoms with Gasteiger partial charge in [0.25, 0.3) is 0 Å². The molecule has 21 heavy (non-hydrogen) atoms. The Labute approximate surface area is 121 Å². The van der Waals surface area contributed by atoms with Crippen LogP contribution in [0.15, 0.2) is 17.0 Å². The highest BCUT2D eigenvalue weighted by Crippen LogP contribution is 2.22. The van der Waals surface area contributed by atoms with Crippen molar-refractivity contribution in [3.63, 3.8) is 0 Å². The van der Waals surface area contributed by atoms with Gasteiger partial charge in [-0.1, -0.05) is 0 Å². The van der Waals surface area contributed by atoms with E-state index in [1.807, 2.05) is 0 Å². The molecule has 0 saturated heterocycles. The average molecular weight is 322 g/mol. The smallest absolute Gasteiger partial charge is 0.235 e. The number of hydrogen-bond donors (Lipinski definition) is 2. The van der Waals surface area contributed by atoms with Gasteiger partial charge in [-0.15, -0.1) is 0 Å². The molecule has 118 valence electrons. The van der Waals surface area contributed by atoms with Crippen LogP contribution < -0.4 is 11.1 Å². The lowest BCUT2D eigenvalue weighted by atomic mass is 10.3. The van der Waals surface area contributed by atoms with Crippen molar-refractivity contribution < 1.29 is 26.7 Å². The van der Waals surface area contributed by atoms with Gasteiger partial charge in [-0.2, -0.15) is 0 Å². The number of methoxy groups -OCH3 is 1. The van der Waals surface area contributed by atoms with Crippen LogP contribution in [0.3, 0.4) is 0 Å². The predicted octanol–water partition coefficient (Wildman–Crippen LogP) is 0.473. The fourth-order valence-corrected chi connectivity index (χ4v) is 2.92. The molecule has 9 heteroatoms. The number of hydrogen-bond acceptors (Lipinski definition) is 5. The highest BCUT2D eigenvalue weighted by atomic mass is 32.2. The second-order valence-corrected chi connectivity index (χ2v) is 6.20. The highest BCUT2D eigenvalue weighted by molar-refractivity contribution is 7.92. The lowest BCUT2D eigenvalue weighted by molar-refractivity contribution is -0.118. The Hall–Kier alpha value is -1.74. The number of anilines is 1. The Kier molecular flexibility index (Phi) is 6.03. The molecule has 0 aliphatic carbocycles. The first-order chi connectivity index (χ1) is 9.77. The Morgan fingerprint density at radius 1 is 1.33 bits per heavy atom. The van der Waals surface area contributed by atoms with Crippen LogP contribution in [-0.2, 0) is 19.4 Å². The maximum Gasteiger partial charge on any atom is 0.235 e. The van der Waals surface area contributed by atoms with E-state index in [1.54, 1.807) is 0 Å². The van der Waals surface area contributed by atoms with Crippen LogP contribution >= 0.6 is 0 Å². The van der Waals surface area contributed by atoms with Gasteiger partial charge in [-0.05, 0) is 18.6 Å². The SMILES string of the molecule is COCCCNC(=O)CS(=O)(=O)c1c(F)cc(N)cc1F. The van der Waals surface area contributed by atoms with Crippen LogP contribution in [0.1, 0.15) is 6.42 Å². The summed E-state index contributed by atoms with van der Waals surface area (Å²) >= 11 is 0. The van der Waals surface area contributed by atoms with Crippen LogP contribution in [0, 0.1) is 11.6 Å². The molecular formula is C12H16F2N2O4S. The molecular weight excluding hydrogens is 306 g/mol. The van der Waals surface area contributed by atoms with E-state index in [4.69, 9.17) is 10.5 Å². The minimum Gasteiger partial charge on any atom is -0.399 e. The molecule has 3 N–H and O–H groups in total. The minimum absolute atomic E-state index is 0.203. The van der Waals surface area contributed by atoms with Crippen molar-refractivity contribution in [3.05, 3.63) is 23.8 Å². The van der Waals surface area contributed by atoms with E-state index >= 15 is 0 Å². The number of sulfone groups is 1. The fraction of sp³-hybridized carbons (Fsp3) is 0.417. The number of benzene rings is 1. The summed E-state index contributed by atoms with van der Waals surface area (Å²) in [5.41, 5.74) is 4.96. The Bertz CT molecular complexity index is 597. The van der Waals surface area contributed by atoms with Crippen molar-refractivity contribution in [3.8, 4) is 0 Å². The topological polar surface area (TPSA) is 98.5 Å². The third kappa shape index (κ3) is 4.94. The van der Waals surface area contributed by atoms with E-state index in [-0.39, 0.29) is 12.2 Å². The maximum absolute atomic E-state index is 13.6. The third-order valence-electron chi connectivity index (χ3n) is 2.50. The monoisotopic (exact) mass is 322 g/mol. The zero-order valence-electron chi connectivity index (χ0n) is 11.4. The Morgan fingerprint density at radius 2 is 1.90 bits per heavy atom. The van der Waals surface area contributed by atoms with Gasteiger partial charge in [0.2, 0.25) is 5.91 Å². The molecule has 1 aromatic rings. The molecule has 0 aliphatic rings. The Morgan fingerprint density at radius 3 is 2.43 bits per heavy atom. The van der Waals surface area contributed by atoms with E-state index in [0.717, 1.165) is 0 Å². The molecule has 6 nitrogen and oxygen atoms in total. The van der Waals surface area contributed by atoms with Crippen molar-refractivity contribution >= 4 is 21.4 Å². The van der Waals surface area contributed by atoms with Gasteiger partial charge in [0.05, 0.1) is 0 Å². The first-order valence-electron chi connectivity index (χ1n) is 6.01. The van der Waals surface area contributed by atoms with E-state index in [0.29, 0.717) is 25.2 Å². The van der Waals surface area contributed by atoms with Crippen LogP contribution in [0.25, 0.3) is 0 Å². The quantitative estimate of drug-likeness (QED) is 0.562. The summed E-state index contributed by atoms with van der Waals surface area (Å²) in [6.07, 6.45) is 0.493. The molecule has 0 atom stereocenters. The van der Waals surface area contributed by atoms with Gasteiger partial charge in [0.1, 0.15) is 22.3 Å². The molecule has 0 heterocycles. The molecule has 0 unspecified atom stereocenters. The van der Waals surface area contributed by atoms with Gasteiger partial charge < -0.3 is 15.8 Å². The number of carbonyl (C=O) groups excluding carboxylic acids is 1. The van der Waals surface area contributed by atoms with Gasteiger partial charge in [0, 0.05) is 25.9 Å². The first-order valence-corrected chi connectivity index (χ1v) is 7.66. The lowest BCUT2D eigenvalue weighted by Crippen LogP contribution is -2.32. The predicted molar refractivity (Wildman–Crippen MR) is 72.3 cm³/mol. The number of nitrogens with one attached hydrogen (secondary N) is 1. The second-order valence-electron chi connectivity index (χ2n) is 4.27. The number of nitrogens with two attached hydrogens (primary N) is 1. The number of carbonyl (C=O) groups is 1. The molecule has 0 radical (unpaired) electrons. The van der Waals surface area contributed by atoms with E-state index in [1.165, 1.54) is 7.11 Å². The summed E-state index contributed by atoms with van der Waals surface area (Å²) in [4.78, 5) is 10.3. The summed E-state index contributed by atoms with van der Waals surface area (Å²) in [6, 6.07) is 1.37. The number of ether oxygens (including phenoxy) is 1. The van der Waals surface area contributed by atoms with Gasteiger partial charge >= 0.3 is 0 Å². The van der Waals surface area contributed by atoms with Crippen molar-refractivity contribution in [1.82, 2.24) is 5.32 Å². The molecule has 1 aromatic carbocycles. The summed E-state index contributed by atoms with van der Waals surface area (Å²) in [5.74, 6) is -4.53. The number of amides is 1. The number of halogens is 2. The third-order valence-corrected chi connectivity index (χ3v) is 4.15. The van der Waals surface area contributed by atoms with E-state index in [9.17, 15) is 22.0 Å². The van der Waals surface area contributed by atoms with Gasteiger partial charge in [-0.3, -0.25) is 4.79 Å². The zero-order valence-corrected chi connectivity index (χ0v) is 12.2. The summed E-state index contributed by atoms with van der Waals surface area (Å²) < 4.78 is 55.6. The zero-order chi connectivity index (χ0) is 16.0. The molecule has 0 saturated carbocycles. The van der Waals surface area contributed by atoms with Crippen LogP contribution in [0.5, 0.6) is 0 Å². The first kappa shape index (κ1) is 17.3.